The fourth-order valence-electron chi connectivity index (χ4n) is 4.09. The minimum atomic E-state index is 0. The van der Waals surface area contributed by atoms with Crippen molar-refractivity contribution in [1.29, 1.82) is 0 Å². The molecule has 1 aromatic heterocycles. The molecule has 4 rings (SSSR count). The molecule has 3 heterocycles. The number of benzene rings is 1. The zero-order valence-corrected chi connectivity index (χ0v) is 18.3. The van der Waals surface area contributed by atoms with Crippen LogP contribution in [-0.4, -0.2) is 53.3 Å². The number of amides is 1. The van der Waals surface area contributed by atoms with Crippen molar-refractivity contribution in [1.82, 2.24) is 25.3 Å². The Morgan fingerprint density at radius 3 is 2.83 bits per heavy atom. The standard InChI is InChI=1S/C21H29N5O.2ClH/c27-21(16-26-12-8-20(24-26)18-6-3-9-22-14-18)23-10-13-25-11-7-17-4-1-2-5-19(17)15-25;;/h1-2,4-5,8,12,18,22H,3,6-7,9-11,13-16H2,(H,23,27);2*1H. The van der Waals surface area contributed by atoms with Gasteiger partial charge in [0.1, 0.15) is 6.54 Å². The van der Waals surface area contributed by atoms with Crippen LogP contribution in [0.2, 0.25) is 0 Å². The first kappa shape index (κ1) is 23.7. The molecule has 0 saturated carbocycles. The first-order valence-electron chi connectivity index (χ1n) is 10.1. The molecule has 2 aliphatic heterocycles. The number of rotatable bonds is 6. The molecule has 0 spiro atoms. The van der Waals surface area contributed by atoms with Crippen LogP contribution >= 0.6 is 24.8 Å². The van der Waals surface area contributed by atoms with Gasteiger partial charge < -0.3 is 10.6 Å². The topological polar surface area (TPSA) is 62.2 Å². The summed E-state index contributed by atoms with van der Waals surface area (Å²) < 4.78 is 1.76. The molecule has 1 unspecified atom stereocenters. The van der Waals surface area contributed by atoms with Crippen LogP contribution < -0.4 is 10.6 Å². The minimum Gasteiger partial charge on any atom is -0.353 e. The van der Waals surface area contributed by atoms with Gasteiger partial charge in [-0.1, -0.05) is 24.3 Å². The summed E-state index contributed by atoms with van der Waals surface area (Å²) in [4.78, 5) is 14.6. The van der Waals surface area contributed by atoms with Crippen LogP contribution in [0.1, 0.15) is 35.6 Å². The van der Waals surface area contributed by atoms with Gasteiger partial charge in [0.2, 0.25) is 5.91 Å². The van der Waals surface area contributed by atoms with E-state index in [0.29, 0.717) is 19.0 Å². The average molecular weight is 440 g/mol. The number of piperidine rings is 1. The normalized spacial score (nSPS) is 18.8. The Morgan fingerprint density at radius 1 is 1.21 bits per heavy atom. The Bertz CT molecular complexity index is 776. The van der Waals surface area contributed by atoms with Crippen molar-refractivity contribution in [2.45, 2.75) is 38.3 Å². The highest BCUT2D eigenvalue weighted by Crippen LogP contribution is 2.21. The third kappa shape index (κ3) is 6.44. The second-order valence-corrected chi connectivity index (χ2v) is 7.63. The average Bonchev–Trinajstić information content (AvgIpc) is 3.17. The van der Waals surface area contributed by atoms with Gasteiger partial charge in [0.25, 0.3) is 0 Å². The van der Waals surface area contributed by atoms with Crippen LogP contribution in [0.5, 0.6) is 0 Å². The lowest BCUT2D eigenvalue weighted by Gasteiger charge is -2.28. The Labute approximate surface area is 185 Å². The predicted octanol–water partition coefficient (Wildman–Crippen LogP) is 2.37. The van der Waals surface area contributed by atoms with Gasteiger partial charge >= 0.3 is 0 Å². The third-order valence-corrected chi connectivity index (χ3v) is 5.64. The van der Waals surface area contributed by atoms with E-state index in [1.165, 1.54) is 24.0 Å². The second-order valence-electron chi connectivity index (χ2n) is 7.63. The Hall–Kier alpha value is -1.60. The fourth-order valence-corrected chi connectivity index (χ4v) is 4.09. The molecule has 1 aromatic carbocycles. The predicted molar refractivity (Wildman–Crippen MR) is 120 cm³/mol. The Balaban J connectivity index is 0.00000150. The van der Waals surface area contributed by atoms with Gasteiger partial charge in [0.05, 0.1) is 5.69 Å². The molecule has 2 aliphatic rings. The molecule has 2 aromatic rings. The van der Waals surface area contributed by atoms with Crippen molar-refractivity contribution in [3.63, 3.8) is 0 Å². The van der Waals surface area contributed by atoms with Crippen LogP contribution in [0, 0.1) is 0 Å². The van der Waals surface area contributed by atoms with Gasteiger partial charge in [-0.05, 0) is 43.0 Å². The highest BCUT2D eigenvalue weighted by Gasteiger charge is 2.18. The lowest BCUT2D eigenvalue weighted by molar-refractivity contribution is -0.121. The van der Waals surface area contributed by atoms with Crippen molar-refractivity contribution in [3.05, 3.63) is 53.3 Å². The van der Waals surface area contributed by atoms with Crippen molar-refractivity contribution < 1.29 is 4.79 Å². The van der Waals surface area contributed by atoms with Crippen molar-refractivity contribution >= 4 is 30.7 Å². The molecular formula is C21H31Cl2N5O. The first-order valence-corrected chi connectivity index (χ1v) is 10.1. The van der Waals surface area contributed by atoms with E-state index in [1.807, 2.05) is 6.20 Å². The third-order valence-electron chi connectivity index (χ3n) is 5.64. The van der Waals surface area contributed by atoms with Crippen LogP contribution in [0.3, 0.4) is 0 Å². The van der Waals surface area contributed by atoms with Crippen LogP contribution in [-0.2, 0) is 24.3 Å². The van der Waals surface area contributed by atoms with Crippen LogP contribution in [0.25, 0.3) is 0 Å². The number of carbonyl (C=O) groups is 1. The maximum Gasteiger partial charge on any atom is 0.241 e. The van der Waals surface area contributed by atoms with E-state index in [1.54, 1.807) is 4.68 Å². The zero-order chi connectivity index (χ0) is 18.5. The van der Waals surface area contributed by atoms with E-state index in [4.69, 9.17) is 0 Å². The summed E-state index contributed by atoms with van der Waals surface area (Å²) in [6, 6.07) is 10.7. The number of aromatic nitrogens is 2. The molecule has 2 N–H and O–H groups in total. The van der Waals surface area contributed by atoms with E-state index in [0.717, 1.165) is 44.8 Å². The number of halogens is 2. The largest absolute Gasteiger partial charge is 0.353 e. The molecule has 6 nitrogen and oxygen atoms in total. The monoisotopic (exact) mass is 439 g/mol. The van der Waals surface area contributed by atoms with E-state index >= 15 is 0 Å². The van der Waals surface area contributed by atoms with Crippen LogP contribution in [0.15, 0.2) is 36.5 Å². The molecule has 0 aliphatic carbocycles. The molecular weight excluding hydrogens is 409 g/mol. The Morgan fingerprint density at radius 2 is 2.03 bits per heavy atom. The first-order chi connectivity index (χ1) is 13.3. The summed E-state index contributed by atoms with van der Waals surface area (Å²) >= 11 is 0. The smallest absolute Gasteiger partial charge is 0.241 e. The van der Waals surface area contributed by atoms with Crippen molar-refractivity contribution in [2.24, 2.45) is 0 Å². The summed E-state index contributed by atoms with van der Waals surface area (Å²) in [6.45, 7) is 5.99. The molecule has 1 atom stereocenters. The van der Waals surface area contributed by atoms with Crippen molar-refractivity contribution in [2.75, 3.05) is 32.7 Å². The highest BCUT2D eigenvalue weighted by atomic mass is 35.5. The van der Waals surface area contributed by atoms with Gasteiger partial charge in [-0.2, -0.15) is 5.10 Å². The summed E-state index contributed by atoms with van der Waals surface area (Å²) in [5.74, 6) is 0.508. The van der Waals surface area contributed by atoms with Gasteiger partial charge in [-0.15, -0.1) is 24.8 Å². The molecule has 8 heteroatoms. The molecule has 1 fully saturated rings. The number of nitrogens with one attached hydrogen (secondary N) is 2. The number of hydrogen-bond donors (Lipinski definition) is 2. The van der Waals surface area contributed by atoms with E-state index in [-0.39, 0.29) is 30.7 Å². The van der Waals surface area contributed by atoms with E-state index in [2.05, 4.69) is 51.0 Å². The molecule has 0 radical (unpaired) electrons. The summed E-state index contributed by atoms with van der Waals surface area (Å²) in [6.07, 6.45) is 5.38. The van der Waals surface area contributed by atoms with Gasteiger partial charge in [-0.25, -0.2) is 0 Å². The summed E-state index contributed by atoms with van der Waals surface area (Å²) in [5, 5.41) is 11.1. The minimum absolute atomic E-state index is 0. The second kappa shape index (κ2) is 11.6. The SMILES string of the molecule is Cl.Cl.O=C(Cn1ccc(C2CCCNC2)n1)NCCN1CCc2ccccc2C1. The molecule has 1 saturated heterocycles. The van der Waals surface area contributed by atoms with Crippen molar-refractivity contribution in [3.8, 4) is 0 Å². The maximum absolute atomic E-state index is 12.2. The number of fused-ring (bicyclic) bond motifs is 1. The van der Waals surface area contributed by atoms with E-state index in [9.17, 15) is 4.79 Å². The highest BCUT2D eigenvalue weighted by molar-refractivity contribution is 5.85. The summed E-state index contributed by atoms with van der Waals surface area (Å²) in [7, 11) is 0. The number of nitrogens with zero attached hydrogens (tertiary/aromatic N) is 3. The Kier molecular flexibility index (Phi) is 9.43. The quantitative estimate of drug-likeness (QED) is 0.724. The lowest BCUT2D eigenvalue weighted by Crippen LogP contribution is -2.38. The molecule has 1 amide bonds. The van der Waals surface area contributed by atoms with Crippen LogP contribution in [0.4, 0.5) is 0 Å². The van der Waals surface area contributed by atoms with Gasteiger partial charge in [0, 0.05) is 44.8 Å². The molecule has 0 bridgehead atoms. The molecule has 160 valence electrons. The molecule has 29 heavy (non-hydrogen) atoms. The van der Waals surface area contributed by atoms with Gasteiger partial charge in [0.15, 0.2) is 0 Å². The lowest BCUT2D eigenvalue weighted by atomic mass is 9.97. The number of hydrogen-bond acceptors (Lipinski definition) is 4. The van der Waals surface area contributed by atoms with E-state index < -0.39 is 0 Å². The summed E-state index contributed by atoms with van der Waals surface area (Å²) in [5.41, 5.74) is 3.97. The fraction of sp³-hybridized carbons (Fsp3) is 0.524. The zero-order valence-electron chi connectivity index (χ0n) is 16.7. The number of carbonyl (C=O) groups excluding carboxylic acids is 1. The van der Waals surface area contributed by atoms with Gasteiger partial charge in [-0.3, -0.25) is 14.4 Å². The maximum atomic E-state index is 12.2.